The van der Waals surface area contributed by atoms with Gasteiger partial charge >= 0.3 is 0 Å². The number of piperidine rings is 1. The van der Waals surface area contributed by atoms with Crippen molar-refractivity contribution in [2.45, 2.75) is 32.5 Å². The lowest BCUT2D eigenvalue weighted by Crippen LogP contribution is -2.43. The largest absolute Gasteiger partial charge is 0.367 e. The molecule has 1 atom stereocenters. The Bertz CT molecular complexity index is 748. The molecule has 1 aromatic carbocycles. The Morgan fingerprint density at radius 2 is 2.25 bits per heavy atom. The molecule has 0 N–H and O–H groups in total. The minimum absolute atomic E-state index is 0.0403. The SMILES string of the molecule is Cc1noc(CO[C@H]2CCCN(C(=O)c3ccc(C#N)cc3)C2)n1. The number of hydrogen-bond acceptors (Lipinski definition) is 6. The van der Waals surface area contributed by atoms with Crippen molar-refractivity contribution in [3.8, 4) is 6.07 Å². The van der Waals surface area contributed by atoms with Crippen molar-refractivity contribution in [2.24, 2.45) is 0 Å². The minimum Gasteiger partial charge on any atom is -0.367 e. The van der Waals surface area contributed by atoms with Crippen molar-refractivity contribution in [2.75, 3.05) is 13.1 Å². The summed E-state index contributed by atoms with van der Waals surface area (Å²) >= 11 is 0. The second kappa shape index (κ2) is 7.23. The summed E-state index contributed by atoms with van der Waals surface area (Å²) in [4.78, 5) is 18.5. The number of ether oxygens (including phenoxy) is 1. The van der Waals surface area contributed by atoms with Crippen LogP contribution in [0.2, 0.25) is 0 Å². The molecule has 7 nitrogen and oxygen atoms in total. The first kappa shape index (κ1) is 16.1. The standard InChI is InChI=1S/C17H18N4O3/c1-12-19-16(24-20-12)11-23-15-3-2-8-21(10-15)17(22)14-6-4-13(9-18)5-7-14/h4-7,15H,2-3,8,10-11H2,1H3/t15-/m0/s1. The predicted molar refractivity (Wildman–Crippen MR) is 83.9 cm³/mol. The maximum Gasteiger partial charge on any atom is 0.253 e. The maximum absolute atomic E-state index is 12.6. The van der Waals surface area contributed by atoms with E-state index in [1.54, 1.807) is 36.1 Å². The van der Waals surface area contributed by atoms with Crippen LogP contribution in [0.15, 0.2) is 28.8 Å². The number of likely N-dealkylation sites (tertiary alicyclic amines) is 1. The van der Waals surface area contributed by atoms with Crippen molar-refractivity contribution in [3.63, 3.8) is 0 Å². The molecule has 7 heteroatoms. The Morgan fingerprint density at radius 1 is 1.46 bits per heavy atom. The summed E-state index contributed by atoms with van der Waals surface area (Å²) < 4.78 is 10.8. The van der Waals surface area contributed by atoms with E-state index in [0.717, 1.165) is 12.8 Å². The number of benzene rings is 1. The molecule has 124 valence electrons. The first-order valence-corrected chi connectivity index (χ1v) is 7.86. The molecule has 2 heterocycles. The molecule has 1 fully saturated rings. The third-order valence-corrected chi connectivity index (χ3v) is 3.94. The summed E-state index contributed by atoms with van der Waals surface area (Å²) in [5.41, 5.74) is 1.13. The van der Waals surface area contributed by atoms with Crippen molar-refractivity contribution in [1.82, 2.24) is 15.0 Å². The van der Waals surface area contributed by atoms with Crippen LogP contribution in [0, 0.1) is 18.3 Å². The first-order chi connectivity index (χ1) is 11.7. The van der Waals surface area contributed by atoms with Gasteiger partial charge in [0, 0.05) is 18.7 Å². The highest BCUT2D eigenvalue weighted by atomic mass is 16.5. The van der Waals surface area contributed by atoms with Crippen LogP contribution in [0.3, 0.4) is 0 Å². The fraction of sp³-hybridized carbons (Fsp3) is 0.412. The molecule has 24 heavy (non-hydrogen) atoms. The Kier molecular flexibility index (Phi) is 4.87. The van der Waals surface area contributed by atoms with Gasteiger partial charge in [0.2, 0.25) is 0 Å². The van der Waals surface area contributed by atoms with Gasteiger partial charge in [-0.1, -0.05) is 5.16 Å². The molecule has 1 aliphatic rings. The minimum atomic E-state index is -0.0479. The molecule has 1 aliphatic heterocycles. The maximum atomic E-state index is 12.6. The zero-order valence-electron chi connectivity index (χ0n) is 13.4. The van der Waals surface area contributed by atoms with Gasteiger partial charge in [-0.2, -0.15) is 10.2 Å². The highest BCUT2D eigenvalue weighted by Gasteiger charge is 2.25. The lowest BCUT2D eigenvalue weighted by molar-refractivity contribution is -0.0153. The molecule has 0 bridgehead atoms. The van der Waals surface area contributed by atoms with Crippen LogP contribution >= 0.6 is 0 Å². The Balaban J connectivity index is 1.58. The van der Waals surface area contributed by atoms with E-state index in [1.807, 2.05) is 6.07 Å². The average Bonchev–Trinajstić information content (AvgIpc) is 3.05. The fourth-order valence-electron chi connectivity index (χ4n) is 2.72. The Labute approximate surface area is 139 Å². The smallest absolute Gasteiger partial charge is 0.253 e. The van der Waals surface area contributed by atoms with Crippen LogP contribution in [-0.2, 0) is 11.3 Å². The van der Waals surface area contributed by atoms with Gasteiger partial charge in [-0.15, -0.1) is 0 Å². The fourth-order valence-corrected chi connectivity index (χ4v) is 2.72. The topological polar surface area (TPSA) is 92.3 Å². The molecule has 1 saturated heterocycles. The van der Waals surface area contributed by atoms with Crippen molar-refractivity contribution in [3.05, 3.63) is 47.1 Å². The molecule has 0 spiro atoms. The lowest BCUT2D eigenvalue weighted by Gasteiger charge is -2.32. The Morgan fingerprint density at radius 3 is 2.92 bits per heavy atom. The van der Waals surface area contributed by atoms with Gasteiger partial charge in [-0.3, -0.25) is 4.79 Å². The third kappa shape index (κ3) is 3.78. The van der Waals surface area contributed by atoms with E-state index >= 15 is 0 Å². The van der Waals surface area contributed by atoms with Gasteiger partial charge < -0.3 is 14.2 Å². The quantitative estimate of drug-likeness (QED) is 0.854. The first-order valence-electron chi connectivity index (χ1n) is 7.86. The number of amides is 1. The van der Waals surface area contributed by atoms with E-state index < -0.39 is 0 Å². The Hall–Kier alpha value is -2.72. The summed E-state index contributed by atoms with van der Waals surface area (Å²) in [5, 5.41) is 12.5. The van der Waals surface area contributed by atoms with Gasteiger partial charge in [0.25, 0.3) is 11.8 Å². The molecule has 0 saturated carbocycles. The van der Waals surface area contributed by atoms with Gasteiger partial charge in [0.1, 0.15) is 6.61 Å². The number of carbonyl (C=O) groups is 1. The number of rotatable bonds is 4. The highest BCUT2D eigenvalue weighted by Crippen LogP contribution is 2.17. The van der Waals surface area contributed by atoms with Crippen molar-refractivity contribution >= 4 is 5.91 Å². The van der Waals surface area contributed by atoms with E-state index in [0.29, 0.717) is 35.9 Å². The molecule has 0 radical (unpaired) electrons. The molecule has 3 rings (SSSR count). The molecular formula is C17H18N4O3. The number of hydrogen-bond donors (Lipinski definition) is 0. The molecule has 2 aromatic rings. The molecule has 1 amide bonds. The van der Waals surface area contributed by atoms with Crippen LogP contribution in [0.5, 0.6) is 0 Å². The van der Waals surface area contributed by atoms with Crippen LogP contribution in [0.1, 0.15) is 40.5 Å². The van der Waals surface area contributed by atoms with E-state index in [9.17, 15) is 4.79 Å². The van der Waals surface area contributed by atoms with Crippen LogP contribution < -0.4 is 0 Å². The number of nitriles is 1. The summed E-state index contributed by atoms with van der Waals surface area (Å²) in [5.74, 6) is 0.985. The molecule has 1 aromatic heterocycles. The van der Waals surface area contributed by atoms with Crippen LogP contribution in [-0.4, -0.2) is 40.1 Å². The second-order valence-corrected chi connectivity index (χ2v) is 5.75. The third-order valence-electron chi connectivity index (χ3n) is 3.94. The highest BCUT2D eigenvalue weighted by molar-refractivity contribution is 5.94. The van der Waals surface area contributed by atoms with Crippen LogP contribution in [0.4, 0.5) is 0 Å². The van der Waals surface area contributed by atoms with E-state index in [4.69, 9.17) is 14.5 Å². The monoisotopic (exact) mass is 326 g/mol. The molecule has 0 aliphatic carbocycles. The molecular weight excluding hydrogens is 308 g/mol. The average molecular weight is 326 g/mol. The summed E-state index contributed by atoms with van der Waals surface area (Å²) in [6.45, 7) is 3.25. The van der Waals surface area contributed by atoms with Gasteiger partial charge in [-0.25, -0.2) is 0 Å². The summed E-state index contributed by atoms with van der Waals surface area (Å²) in [6.07, 6.45) is 1.73. The predicted octanol–water partition coefficient (Wildman–Crippen LogP) is 2.07. The summed E-state index contributed by atoms with van der Waals surface area (Å²) in [7, 11) is 0. The van der Waals surface area contributed by atoms with Gasteiger partial charge in [0.15, 0.2) is 5.82 Å². The summed E-state index contributed by atoms with van der Waals surface area (Å²) in [6, 6.07) is 8.73. The lowest BCUT2D eigenvalue weighted by atomic mass is 10.1. The van der Waals surface area contributed by atoms with Crippen LogP contribution in [0.25, 0.3) is 0 Å². The van der Waals surface area contributed by atoms with E-state index in [-0.39, 0.29) is 18.6 Å². The number of aryl methyl sites for hydroxylation is 1. The molecule has 0 unspecified atom stereocenters. The number of carbonyl (C=O) groups excluding carboxylic acids is 1. The van der Waals surface area contributed by atoms with Crippen molar-refractivity contribution in [1.29, 1.82) is 5.26 Å². The van der Waals surface area contributed by atoms with E-state index in [2.05, 4.69) is 10.1 Å². The zero-order valence-corrected chi connectivity index (χ0v) is 13.4. The second-order valence-electron chi connectivity index (χ2n) is 5.75. The normalized spacial score (nSPS) is 17.5. The van der Waals surface area contributed by atoms with E-state index in [1.165, 1.54) is 0 Å². The number of nitrogens with zero attached hydrogens (tertiary/aromatic N) is 4. The van der Waals surface area contributed by atoms with Gasteiger partial charge in [-0.05, 0) is 44.0 Å². The van der Waals surface area contributed by atoms with Crippen molar-refractivity contribution < 1.29 is 14.1 Å². The zero-order chi connectivity index (χ0) is 16.9. The number of aromatic nitrogens is 2. The van der Waals surface area contributed by atoms with Gasteiger partial charge in [0.05, 0.1) is 17.7 Å².